The number of hydrogen-bond donors (Lipinski definition) is 3. The van der Waals surface area contributed by atoms with Crippen LogP contribution in [-0.2, 0) is 4.79 Å². The Morgan fingerprint density at radius 3 is 2.58 bits per heavy atom. The van der Waals surface area contributed by atoms with Gasteiger partial charge in [0.2, 0.25) is 0 Å². The summed E-state index contributed by atoms with van der Waals surface area (Å²) in [4.78, 5) is 24.0. The highest BCUT2D eigenvalue weighted by atomic mass is 35.5. The lowest BCUT2D eigenvalue weighted by Crippen LogP contribution is -2.16. The third-order valence-electron chi connectivity index (χ3n) is 2.81. The fraction of sp³-hybridized carbons (Fsp3) is 0.188. The van der Waals surface area contributed by atoms with E-state index < -0.39 is 5.97 Å². The van der Waals surface area contributed by atoms with Gasteiger partial charge < -0.3 is 20.3 Å². The molecule has 3 N–H and O–H groups in total. The average molecular weight is 353 g/mol. The molecule has 0 spiro atoms. The number of aromatic hydroxyl groups is 1. The highest BCUT2D eigenvalue weighted by Gasteiger charge is 2.10. The summed E-state index contributed by atoms with van der Waals surface area (Å²) in [6.45, 7) is 0.0417. The molecule has 7 nitrogen and oxygen atoms in total. The monoisotopic (exact) mass is 352 g/mol. The van der Waals surface area contributed by atoms with E-state index in [-0.39, 0.29) is 18.0 Å². The van der Waals surface area contributed by atoms with Crippen molar-refractivity contribution in [3.8, 4) is 22.6 Å². The number of hydrogen-bond acceptors (Lipinski definition) is 6. The summed E-state index contributed by atoms with van der Waals surface area (Å²) in [5.74, 6) is -0.388. The molecule has 0 amide bonds. The molecule has 0 saturated heterocycles. The minimum absolute atomic E-state index is 0.000236. The summed E-state index contributed by atoms with van der Waals surface area (Å²) in [6.07, 6.45) is 1.98. The van der Waals surface area contributed by atoms with E-state index in [1.165, 1.54) is 12.3 Å². The van der Waals surface area contributed by atoms with Gasteiger partial charge in [0.1, 0.15) is 17.2 Å². The number of carboxylic acids is 1. The minimum Gasteiger partial charge on any atom is -0.506 e. The standard InChI is InChI=1S/C13H10ClNO3.C3H7NO2/c1-18-13-3-2-9(14)5-10(13)8-4-12(17)11(7-16)15-6-8;1-4-2-3(5)6/h2-7,17H,1H3;4H,2H2,1H3,(H,5,6). The number of carboxylic acid groups (broad SMARTS) is 1. The zero-order valence-electron chi connectivity index (χ0n) is 13.1. The third-order valence-corrected chi connectivity index (χ3v) is 3.04. The summed E-state index contributed by atoms with van der Waals surface area (Å²) >= 11 is 5.93. The van der Waals surface area contributed by atoms with Gasteiger partial charge in [-0.3, -0.25) is 9.59 Å². The van der Waals surface area contributed by atoms with E-state index in [1.54, 1.807) is 32.4 Å². The van der Waals surface area contributed by atoms with E-state index in [9.17, 15) is 14.7 Å². The number of halogens is 1. The number of pyridine rings is 1. The number of likely N-dealkylation sites (N-methyl/N-ethyl adjacent to an activating group) is 1. The molecule has 0 aliphatic carbocycles. The first-order valence-corrected chi connectivity index (χ1v) is 7.15. The molecule has 0 aliphatic heterocycles. The van der Waals surface area contributed by atoms with Gasteiger partial charge in [-0.25, -0.2) is 4.98 Å². The van der Waals surface area contributed by atoms with Crippen LogP contribution in [0.15, 0.2) is 30.5 Å². The molecule has 24 heavy (non-hydrogen) atoms. The van der Waals surface area contributed by atoms with E-state index in [1.807, 2.05) is 0 Å². The predicted octanol–water partition coefficient (Wildman–Crippen LogP) is 2.22. The van der Waals surface area contributed by atoms with E-state index >= 15 is 0 Å². The van der Waals surface area contributed by atoms with E-state index in [0.717, 1.165) is 0 Å². The lowest BCUT2D eigenvalue weighted by molar-refractivity contribution is -0.135. The summed E-state index contributed by atoms with van der Waals surface area (Å²) in [5.41, 5.74) is 1.32. The lowest BCUT2D eigenvalue weighted by atomic mass is 10.1. The van der Waals surface area contributed by atoms with Gasteiger partial charge >= 0.3 is 5.97 Å². The summed E-state index contributed by atoms with van der Waals surface area (Å²) in [5, 5.41) is 20.5. The van der Waals surface area contributed by atoms with Gasteiger partial charge in [0.15, 0.2) is 6.29 Å². The average Bonchev–Trinajstić information content (AvgIpc) is 2.55. The first kappa shape index (κ1) is 19.4. The summed E-state index contributed by atoms with van der Waals surface area (Å²) in [6, 6.07) is 6.58. The normalized spacial score (nSPS) is 9.62. The Balaban J connectivity index is 0.000000413. The van der Waals surface area contributed by atoms with Crippen molar-refractivity contribution in [1.82, 2.24) is 10.3 Å². The molecule has 0 atom stereocenters. The number of aromatic nitrogens is 1. The van der Waals surface area contributed by atoms with Gasteiger partial charge in [-0.05, 0) is 31.3 Å². The number of methoxy groups -OCH3 is 1. The number of aliphatic carboxylic acids is 1. The second kappa shape index (κ2) is 9.49. The first-order chi connectivity index (χ1) is 11.4. The van der Waals surface area contributed by atoms with Crippen molar-refractivity contribution in [2.24, 2.45) is 0 Å². The number of nitrogens with zero attached hydrogens (tertiary/aromatic N) is 1. The van der Waals surface area contributed by atoms with Crippen LogP contribution in [0.2, 0.25) is 5.02 Å². The molecule has 0 fully saturated rings. The van der Waals surface area contributed by atoms with Crippen molar-refractivity contribution in [1.29, 1.82) is 0 Å². The summed E-state index contributed by atoms with van der Waals surface area (Å²) in [7, 11) is 3.13. The third kappa shape index (κ3) is 5.53. The van der Waals surface area contributed by atoms with Crippen molar-refractivity contribution < 1.29 is 24.5 Å². The second-order valence-electron chi connectivity index (χ2n) is 4.51. The Labute approximate surface area is 143 Å². The van der Waals surface area contributed by atoms with E-state index in [2.05, 4.69) is 10.3 Å². The van der Waals surface area contributed by atoms with Gasteiger partial charge in [0.25, 0.3) is 0 Å². The molecule has 128 valence electrons. The molecule has 0 unspecified atom stereocenters. The molecule has 1 aromatic carbocycles. The number of ether oxygens (including phenoxy) is 1. The van der Waals surface area contributed by atoms with Crippen molar-refractivity contribution in [2.75, 3.05) is 20.7 Å². The molecule has 2 aromatic rings. The first-order valence-electron chi connectivity index (χ1n) is 6.77. The molecule has 8 heteroatoms. The number of carbonyl (C=O) groups is 2. The smallest absolute Gasteiger partial charge is 0.317 e. The molecule has 0 aliphatic rings. The van der Waals surface area contributed by atoms with Crippen molar-refractivity contribution >= 4 is 23.9 Å². The predicted molar refractivity (Wildman–Crippen MR) is 89.8 cm³/mol. The van der Waals surface area contributed by atoms with Gasteiger partial charge in [-0.1, -0.05) is 11.6 Å². The van der Waals surface area contributed by atoms with Crippen LogP contribution in [0.3, 0.4) is 0 Å². The fourth-order valence-electron chi connectivity index (χ4n) is 1.76. The Bertz CT molecular complexity index is 722. The number of nitrogens with one attached hydrogen (secondary N) is 1. The molecule has 1 heterocycles. The topological polar surface area (TPSA) is 109 Å². The van der Waals surface area contributed by atoms with Crippen molar-refractivity contribution in [3.05, 3.63) is 41.2 Å². The quantitative estimate of drug-likeness (QED) is 0.708. The van der Waals surface area contributed by atoms with Crippen LogP contribution in [-0.4, -0.2) is 48.2 Å². The highest BCUT2D eigenvalue weighted by molar-refractivity contribution is 6.31. The zero-order valence-corrected chi connectivity index (χ0v) is 13.9. The molecular weight excluding hydrogens is 336 g/mol. The van der Waals surface area contributed by atoms with Crippen LogP contribution < -0.4 is 10.1 Å². The molecule has 0 radical (unpaired) electrons. The maximum absolute atomic E-state index is 10.6. The van der Waals surface area contributed by atoms with Crippen LogP contribution in [0.25, 0.3) is 11.1 Å². The second-order valence-corrected chi connectivity index (χ2v) is 4.95. The minimum atomic E-state index is -0.822. The van der Waals surface area contributed by atoms with Gasteiger partial charge in [0.05, 0.1) is 13.7 Å². The molecule has 1 aromatic heterocycles. The number of aldehydes is 1. The Kier molecular flexibility index (Phi) is 7.67. The van der Waals surface area contributed by atoms with Crippen LogP contribution in [0, 0.1) is 0 Å². The van der Waals surface area contributed by atoms with Crippen LogP contribution in [0.4, 0.5) is 0 Å². The molecule has 0 bridgehead atoms. The van der Waals surface area contributed by atoms with Crippen LogP contribution in [0.1, 0.15) is 10.5 Å². The van der Waals surface area contributed by atoms with E-state index in [0.29, 0.717) is 28.2 Å². The maximum atomic E-state index is 10.6. The summed E-state index contributed by atoms with van der Waals surface area (Å²) < 4.78 is 5.21. The number of rotatable bonds is 5. The SMILES string of the molecule is CNCC(=O)O.COc1ccc(Cl)cc1-c1cnc(C=O)c(O)c1. The largest absolute Gasteiger partial charge is 0.506 e. The lowest BCUT2D eigenvalue weighted by Gasteiger charge is -2.09. The highest BCUT2D eigenvalue weighted by Crippen LogP contribution is 2.33. The Morgan fingerprint density at radius 2 is 2.12 bits per heavy atom. The number of carbonyl (C=O) groups excluding carboxylic acids is 1. The van der Waals surface area contributed by atoms with Crippen molar-refractivity contribution in [2.45, 2.75) is 0 Å². The van der Waals surface area contributed by atoms with Gasteiger partial charge in [0, 0.05) is 22.3 Å². The fourth-order valence-corrected chi connectivity index (χ4v) is 1.93. The van der Waals surface area contributed by atoms with Crippen molar-refractivity contribution in [3.63, 3.8) is 0 Å². The maximum Gasteiger partial charge on any atom is 0.317 e. The molecular formula is C16H17ClN2O5. The Hall–Kier alpha value is -2.64. The molecule has 0 saturated carbocycles. The van der Waals surface area contributed by atoms with Gasteiger partial charge in [-0.15, -0.1) is 0 Å². The molecule has 2 rings (SSSR count). The number of benzene rings is 1. The van der Waals surface area contributed by atoms with Crippen LogP contribution in [0.5, 0.6) is 11.5 Å². The van der Waals surface area contributed by atoms with Gasteiger partial charge in [-0.2, -0.15) is 0 Å². The van der Waals surface area contributed by atoms with E-state index in [4.69, 9.17) is 21.4 Å². The van der Waals surface area contributed by atoms with Crippen LogP contribution >= 0.6 is 11.6 Å². The Morgan fingerprint density at radius 1 is 1.42 bits per heavy atom. The zero-order chi connectivity index (χ0) is 18.1.